The average Bonchev–Trinajstić information content (AvgIpc) is 2.52. The minimum atomic E-state index is -2.15. The van der Waals surface area contributed by atoms with Gasteiger partial charge in [-0.15, -0.1) is 18.1 Å². The maximum absolute atomic E-state index is 6.97. The van der Waals surface area contributed by atoms with Gasteiger partial charge in [0.15, 0.2) is 5.75 Å². The molecule has 0 amide bonds. The molecule has 0 bridgehead atoms. The van der Waals surface area contributed by atoms with Crippen LogP contribution in [0.1, 0.15) is 62.3 Å². The molecule has 3 nitrogen and oxygen atoms in total. The standard InChI is InChI=1S/C24H46BrClO3Si3/c1-22(2,3)30(10,11)27-17-16-18(28-31(12,13)23(4,5)6)21(20(26)19(17)25)29-32(14,15)24(7,8)9/h16H,1-15H3/q-1. The van der Waals surface area contributed by atoms with Crippen LogP contribution in [0.15, 0.2) is 10.5 Å². The molecule has 8 heteroatoms. The zero-order chi connectivity index (χ0) is 25.7. The summed E-state index contributed by atoms with van der Waals surface area (Å²) in [5.74, 6) is 2.07. The molecule has 0 N–H and O–H groups in total. The lowest BCUT2D eigenvalue weighted by molar-refractivity contribution is 0.434. The van der Waals surface area contributed by atoms with Crippen molar-refractivity contribution in [3.63, 3.8) is 0 Å². The Kier molecular flexibility index (Phi) is 8.69. The van der Waals surface area contributed by atoms with E-state index in [0.29, 0.717) is 16.5 Å². The van der Waals surface area contributed by atoms with Crippen LogP contribution in [0, 0.1) is 0 Å². The van der Waals surface area contributed by atoms with Gasteiger partial charge in [-0.2, -0.15) is 0 Å². The Labute approximate surface area is 214 Å². The second kappa shape index (κ2) is 9.25. The number of hydrogen-bond acceptors (Lipinski definition) is 3. The molecule has 1 aromatic carbocycles. The first-order valence-corrected chi connectivity index (χ1v) is 21.3. The fraction of sp³-hybridized carbons (Fsp3) is 0.750. The maximum atomic E-state index is 6.97. The molecule has 0 spiro atoms. The van der Waals surface area contributed by atoms with Crippen molar-refractivity contribution in [1.29, 1.82) is 0 Å². The van der Waals surface area contributed by atoms with E-state index in [1.54, 1.807) is 0 Å². The highest BCUT2D eigenvalue weighted by Crippen LogP contribution is 2.52. The average molecular weight is 582 g/mol. The second-order valence-corrected chi connectivity index (χ2v) is 28.8. The molecule has 0 radical (unpaired) electrons. The zero-order valence-corrected chi connectivity index (χ0v) is 28.4. The molecule has 32 heavy (non-hydrogen) atoms. The third-order valence-corrected chi connectivity index (χ3v) is 22.0. The van der Waals surface area contributed by atoms with Crippen LogP contribution in [-0.2, 0) is 0 Å². The quantitative estimate of drug-likeness (QED) is 0.313. The number of rotatable bonds is 6. The molecule has 0 saturated heterocycles. The molecule has 1 rings (SSSR count). The molecule has 0 saturated carbocycles. The van der Waals surface area contributed by atoms with Crippen molar-refractivity contribution in [2.24, 2.45) is 0 Å². The molecule has 0 aliphatic carbocycles. The third-order valence-electron chi connectivity index (χ3n) is 7.60. The molecular weight excluding hydrogens is 536 g/mol. The Morgan fingerprint density at radius 2 is 1.19 bits per heavy atom. The lowest BCUT2D eigenvalue weighted by Gasteiger charge is -2.49. The van der Waals surface area contributed by atoms with Crippen molar-refractivity contribution >= 4 is 52.5 Å². The van der Waals surface area contributed by atoms with E-state index in [4.69, 9.17) is 24.9 Å². The van der Waals surface area contributed by atoms with E-state index < -0.39 is 25.0 Å². The fourth-order valence-electron chi connectivity index (χ4n) is 2.07. The highest BCUT2D eigenvalue weighted by atomic mass is 79.9. The lowest BCUT2D eigenvalue weighted by Crippen LogP contribution is -2.46. The molecular formula is C24H46BrClO3Si3-. The minimum absolute atomic E-state index is 0.0351. The summed E-state index contributed by atoms with van der Waals surface area (Å²) in [6.07, 6.45) is 0. The number of benzene rings is 1. The first-order valence-electron chi connectivity index (χ1n) is 11.4. The van der Waals surface area contributed by atoms with E-state index in [2.05, 4.69) is 118 Å². The summed E-state index contributed by atoms with van der Waals surface area (Å²) in [6, 6.07) is 2.00. The predicted molar refractivity (Wildman–Crippen MR) is 153 cm³/mol. The van der Waals surface area contributed by atoms with Gasteiger partial charge in [-0.3, -0.25) is 0 Å². The number of halogens is 2. The molecule has 187 valence electrons. The fourth-order valence-corrected chi connectivity index (χ4v) is 5.93. The van der Waals surface area contributed by atoms with E-state index in [9.17, 15) is 0 Å². The van der Waals surface area contributed by atoms with Gasteiger partial charge in [-0.25, -0.2) is 0 Å². The van der Waals surface area contributed by atoms with Gasteiger partial charge in [-0.05, 0) is 52.2 Å². The monoisotopic (exact) mass is 580 g/mol. The Bertz CT molecular complexity index is 833. The van der Waals surface area contributed by atoms with Crippen LogP contribution in [0.25, 0.3) is 0 Å². The Morgan fingerprint density at radius 1 is 0.781 bits per heavy atom. The minimum Gasteiger partial charge on any atom is -0.688 e. The van der Waals surface area contributed by atoms with Crippen LogP contribution in [0.2, 0.25) is 59.4 Å². The largest absolute Gasteiger partial charge is 0.688 e. The molecule has 0 heterocycles. The number of hydrogen-bond donors (Lipinski definition) is 0. The van der Waals surface area contributed by atoms with Crippen LogP contribution in [0.5, 0.6) is 17.2 Å². The molecule has 0 atom stereocenters. The summed E-state index contributed by atoms with van der Waals surface area (Å²) in [7, 11) is -6.37. The molecule has 1 aromatic rings. The SMILES string of the molecule is CC(C)(C)[Si](C)(C)Oc1cc(O[Si-](C)(C)C(C)(C)C)c(Br)c(Cl)c1O[Si](C)(C)C(C)(C)C. The Hall–Kier alpha value is 0.0406. The zero-order valence-electron chi connectivity index (χ0n) is 23.1. The van der Waals surface area contributed by atoms with Gasteiger partial charge in [0.05, 0.1) is 10.2 Å². The summed E-state index contributed by atoms with van der Waals surface area (Å²) in [5, 5.41) is 0.671. The van der Waals surface area contributed by atoms with Gasteiger partial charge in [0.1, 0.15) is 10.8 Å². The van der Waals surface area contributed by atoms with Crippen molar-refractivity contribution in [2.45, 2.75) is 117 Å². The van der Waals surface area contributed by atoms with Crippen molar-refractivity contribution in [2.75, 3.05) is 0 Å². The highest BCUT2D eigenvalue weighted by Gasteiger charge is 2.43. The summed E-state index contributed by atoms with van der Waals surface area (Å²) in [4.78, 5) is 0. The normalized spacial score (nSPS) is 14.4. The first kappa shape index (κ1) is 30.1. The van der Waals surface area contributed by atoms with Gasteiger partial charge in [-0.1, -0.05) is 73.9 Å². The second-order valence-electron chi connectivity index (χ2n) is 13.4. The van der Waals surface area contributed by atoms with Crippen molar-refractivity contribution in [3.8, 4) is 17.2 Å². The highest BCUT2D eigenvalue weighted by molar-refractivity contribution is 9.10. The van der Waals surface area contributed by atoms with Gasteiger partial charge in [0.25, 0.3) is 16.6 Å². The van der Waals surface area contributed by atoms with Crippen LogP contribution in [0.4, 0.5) is 0 Å². The van der Waals surface area contributed by atoms with E-state index >= 15 is 0 Å². The van der Waals surface area contributed by atoms with Crippen LogP contribution in [0.3, 0.4) is 0 Å². The van der Waals surface area contributed by atoms with Crippen LogP contribution < -0.4 is 13.3 Å². The molecule has 0 aliphatic heterocycles. The van der Waals surface area contributed by atoms with Crippen LogP contribution in [-0.4, -0.2) is 25.0 Å². The Balaban J connectivity index is 3.74. The van der Waals surface area contributed by atoms with E-state index in [-0.39, 0.29) is 15.1 Å². The van der Waals surface area contributed by atoms with Gasteiger partial charge < -0.3 is 13.3 Å². The van der Waals surface area contributed by atoms with Gasteiger partial charge in [0, 0.05) is 14.4 Å². The summed E-state index contributed by atoms with van der Waals surface area (Å²) in [6.45, 7) is 33.5. The predicted octanol–water partition coefficient (Wildman–Crippen LogP) is 10.3. The van der Waals surface area contributed by atoms with E-state index in [1.807, 2.05) is 6.07 Å². The molecule has 0 aromatic heterocycles. The summed E-state index contributed by atoms with van der Waals surface area (Å²) >= 11 is 10.7. The van der Waals surface area contributed by atoms with Crippen LogP contribution >= 0.6 is 27.5 Å². The first-order chi connectivity index (χ1) is 13.8. The third kappa shape index (κ3) is 6.58. The smallest absolute Gasteiger partial charge is 0.250 e. The van der Waals surface area contributed by atoms with Crippen molar-refractivity contribution < 1.29 is 13.3 Å². The van der Waals surface area contributed by atoms with Crippen molar-refractivity contribution in [3.05, 3.63) is 15.6 Å². The van der Waals surface area contributed by atoms with E-state index in [1.165, 1.54) is 0 Å². The Morgan fingerprint density at radius 3 is 1.56 bits per heavy atom. The summed E-state index contributed by atoms with van der Waals surface area (Å²) < 4.78 is 21.0. The van der Waals surface area contributed by atoms with Crippen molar-refractivity contribution in [1.82, 2.24) is 0 Å². The molecule has 0 aliphatic rings. The van der Waals surface area contributed by atoms with Gasteiger partial charge >= 0.3 is 0 Å². The molecule has 0 fully saturated rings. The lowest BCUT2D eigenvalue weighted by atomic mass is 10.2. The van der Waals surface area contributed by atoms with Gasteiger partial charge in [0.2, 0.25) is 0 Å². The maximum Gasteiger partial charge on any atom is 0.250 e. The molecule has 0 unspecified atom stereocenters. The summed E-state index contributed by atoms with van der Waals surface area (Å²) in [5.41, 5.74) is 0. The van der Waals surface area contributed by atoms with E-state index in [0.717, 1.165) is 10.2 Å². The topological polar surface area (TPSA) is 27.7 Å².